The number of thiol groups is 1. The van der Waals surface area contributed by atoms with E-state index in [0.717, 1.165) is 18.3 Å². The van der Waals surface area contributed by atoms with E-state index >= 15 is 0 Å². The molecular weight excluding hydrogens is 412 g/mol. The Hall–Kier alpha value is -0.960. The molecule has 0 atom stereocenters. The van der Waals surface area contributed by atoms with E-state index in [-0.39, 0.29) is 10.7 Å². The van der Waals surface area contributed by atoms with E-state index in [2.05, 4.69) is 13.0 Å². The first kappa shape index (κ1) is 25.7. The van der Waals surface area contributed by atoms with E-state index in [0.29, 0.717) is 24.0 Å². The molecular formula is C29H46O2S. The second-order valence-electron chi connectivity index (χ2n) is 10.7. The molecule has 2 nitrogen and oxygen atoms in total. The number of esters is 1. The van der Waals surface area contributed by atoms with Gasteiger partial charge in [0.25, 0.3) is 0 Å². The van der Waals surface area contributed by atoms with E-state index in [1.807, 2.05) is 31.2 Å². The molecule has 0 spiro atoms. The summed E-state index contributed by atoms with van der Waals surface area (Å²) in [7, 11) is 0. The summed E-state index contributed by atoms with van der Waals surface area (Å²) < 4.78 is 5.69. The molecule has 4 fully saturated rings. The predicted octanol–water partition coefficient (Wildman–Crippen LogP) is 8.59. The lowest BCUT2D eigenvalue weighted by Gasteiger charge is -2.59. The van der Waals surface area contributed by atoms with Crippen molar-refractivity contribution in [1.29, 1.82) is 0 Å². The molecule has 0 saturated heterocycles. The first-order valence-corrected chi connectivity index (χ1v) is 13.9. The Morgan fingerprint density at radius 1 is 0.938 bits per heavy atom. The maximum Gasteiger partial charge on any atom is 0.312 e. The van der Waals surface area contributed by atoms with Crippen LogP contribution in [-0.2, 0) is 9.53 Å². The largest absolute Gasteiger partial charge is 0.427 e. The highest BCUT2D eigenvalue weighted by molar-refractivity contribution is 7.81. The molecule has 3 heteroatoms. The van der Waals surface area contributed by atoms with Gasteiger partial charge in [0, 0.05) is 4.75 Å². The van der Waals surface area contributed by atoms with Gasteiger partial charge in [-0.2, -0.15) is 12.6 Å². The van der Waals surface area contributed by atoms with Crippen molar-refractivity contribution < 1.29 is 9.53 Å². The van der Waals surface area contributed by atoms with Gasteiger partial charge in [0.05, 0.1) is 6.42 Å². The van der Waals surface area contributed by atoms with Crippen molar-refractivity contribution in [1.82, 2.24) is 0 Å². The molecule has 0 aromatic carbocycles. The van der Waals surface area contributed by atoms with E-state index in [1.165, 1.54) is 83.5 Å². The monoisotopic (exact) mass is 458 g/mol. The number of allylic oxidation sites excluding steroid dienone is 5. The quantitative estimate of drug-likeness (QED) is 0.0927. The number of unbranched alkanes of at least 4 members (excludes halogenated alkanes) is 8. The minimum atomic E-state index is -0.156. The lowest BCUT2D eigenvalue weighted by atomic mass is 9.51. The second kappa shape index (κ2) is 13.1. The highest BCUT2D eigenvalue weighted by Gasteiger charge is 2.56. The Bertz CT molecular complexity index is 647. The molecule has 0 aromatic rings. The zero-order valence-corrected chi connectivity index (χ0v) is 21.5. The Balaban J connectivity index is 1.42. The molecule has 0 amide bonds. The summed E-state index contributed by atoms with van der Waals surface area (Å²) in [4.78, 5) is 12.9. The number of rotatable bonds is 14. The standard InChI is InChI=1S/C29H46O2S/c1-3-5-7-8-9-10-11-12-13-14-16-27(15-6-4-2)31-28(30)22-29(32)25-18-23-17-24(20-25)21-26(29)19-23/h4,6,14-16,23-26,32H,3,5,7-13,17-22H2,1-2H3. The van der Waals surface area contributed by atoms with Crippen LogP contribution in [0.25, 0.3) is 0 Å². The van der Waals surface area contributed by atoms with Crippen LogP contribution in [0.1, 0.15) is 110 Å². The zero-order chi connectivity index (χ0) is 22.8. The molecule has 0 aliphatic heterocycles. The van der Waals surface area contributed by atoms with Crippen LogP contribution in [-0.4, -0.2) is 10.7 Å². The van der Waals surface area contributed by atoms with Crippen LogP contribution in [0, 0.1) is 23.7 Å². The summed E-state index contributed by atoms with van der Waals surface area (Å²) in [5.41, 5.74) is 0. The molecule has 0 aromatic heterocycles. The molecule has 4 saturated carbocycles. The molecule has 0 radical (unpaired) electrons. The van der Waals surface area contributed by atoms with Gasteiger partial charge in [-0.3, -0.25) is 4.79 Å². The predicted molar refractivity (Wildman–Crippen MR) is 139 cm³/mol. The molecule has 32 heavy (non-hydrogen) atoms. The normalized spacial score (nSPS) is 31.8. The Morgan fingerprint density at radius 3 is 2.12 bits per heavy atom. The van der Waals surface area contributed by atoms with Crippen LogP contribution in [0.5, 0.6) is 0 Å². The average molecular weight is 459 g/mol. The van der Waals surface area contributed by atoms with Crippen molar-refractivity contribution >= 4 is 18.6 Å². The van der Waals surface area contributed by atoms with Crippen LogP contribution in [0.15, 0.2) is 36.1 Å². The van der Waals surface area contributed by atoms with Crippen molar-refractivity contribution in [2.45, 2.75) is 115 Å². The summed E-state index contributed by atoms with van der Waals surface area (Å²) >= 11 is 5.16. The van der Waals surface area contributed by atoms with Crippen molar-refractivity contribution in [3.05, 3.63) is 36.1 Å². The summed E-state index contributed by atoms with van der Waals surface area (Å²) in [5.74, 6) is 3.51. The van der Waals surface area contributed by atoms with Crippen molar-refractivity contribution in [3.8, 4) is 0 Å². The van der Waals surface area contributed by atoms with Crippen LogP contribution < -0.4 is 0 Å². The third-order valence-corrected chi connectivity index (χ3v) is 9.06. The van der Waals surface area contributed by atoms with Crippen LogP contribution in [0.3, 0.4) is 0 Å². The van der Waals surface area contributed by atoms with Gasteiger partial charge in [-0.15, -0.1) is 0 Å². The minimum Gasteiger partial charge on any atom is -0.427 e. The fourth-order valence-corrected chi connectivity index (χ4v) is 7.15. The zero-order valence-electron chi connectivity index (χ0n) is 20.6. The summed E-state index contributed by atoms with van der Waals surface area (Å²) in [6.45, 7) is 4.25. The molecule has 4 rings (SSSR count). The SMILES string of the molecule is CC=CC=C(C=CCCCCCCCCCC)OC(=O)CC1(S)C2CC3CC(C2)CC1C3. The topological polar surface area (TPSA) is 26.3 Å². The van der Waals surface area contributed by atoms with Gasteiger partial charge in [0.15, 0.2) is 0 Å². The van der Waals surface area contributed by atoms with E-state index in [9.17, 15) is 4.79 Å². The fraction of sp³-hybridized carbons (Fsp3) is 0.759. The average Bonchev–Trinajstić information content (AvgIpc) is 2.76. The van der Waals surface area contributed by atoms with Gasteiger partial charge in [0.2, 0.25) is 0 Å². The maximum absolute atomic E-state index is 12.9. The first-order chi connectivity index (χ1) is 15.5. The summed E-state index contributed by atoms with van der Waals surface area (Å²) in [6, 6.07) is 0. The maximum atomic E-state index is 12.9. The molecule has 4 aliphatic carbocycles. The number of ether oxygens (including phenoxy) is 1. The van der Waals surface area contributed by atoms with E-state index in [4.69, 9.17) is 17.4 Å². The van der Waals surface area contributed by atoms with Crippen LogP contribution >= 0.6 is 12.6 Å². The molecule has 4 bridgehead atoms. The van der Waals surface area contributed by atoms with Gasteiger partial charge >= 0.3 is 5.97 Å². The van der Waals surface area contributed by atoms with Gasteiger partial charge in [-0.05, 0) is 87.7 Å². The number of carbonyl (C=O) groups excluding carboxylic acids is 1. The Kier molecular flexibility index (Phi) is 10.5. The number of hydrogen-bond acceptors (Lipinski definition) is 3. The van der Waals surface area contributed by atoms with Gasteiger partial charge < -0.3 is 4.74 Å². The number of hydrogen-bond donors (Lipinski definition) is 1. The highest BCUT2D eigenvalue weighted by atomic mass is 32.1. The fourth-order valence-electron chi connectivity index (χ4n) is 6.60. The van der Waals surface area contributed by atoms with Crippen molar-refractivity contribution in [3.63, 3.8) is 0 Å². The lowest BCUT2D eigenvalue weighted by Crippen LogP contribution is -2.55. The van der Waals surface area contributed by atoms with E-state index in [1.54, 1.807) is 0 Å². The first-order valence-electron chi connectivity index (χ1n) is 13.5. The van der Waals surface area contributed by atoms with Crippen molar-refractivity contribution in [2.75, 3.05) is 0 Å². The third kappa shape index (κ3) is 7.27. The molecule has 180 valence electrons. The summed E-state index contributed by atoms with van der Waals surface area (Å²) in [6.07, 6.45) is 28.6. The molecule has 0 N–H and O–H groups in total. The molecule has 0 heterocycles. The lowest BCUT2D eigenvalue weighted by molar-refractivity contribution is -0.142. The number of carbonyl (C=O) groups is 1. The Morgan fingerprint density at radius 2 is 1.53 bits per heavy atom. The third-order valence-electron chi connectivity index (χ3n) is 8.17. The smallest absolute Gasteiger partial charge is 0.312 e. The van der Waals surface area contributed by atoms with E-state index < -0.39 is 0 Å². The highest BCUT2D eigenvalue weighted by Crippen LogP contribution is 2.61. The van der Waals surface area contributed by atoms with Gasteiger partial charge in [-0.25, -0.2) is 0 Å². The Labute approximate surface area is 202 Å². The van der Waals surface area contributed by atoms with Gasteiger partial charge in [0.1, 0.15) is 5.76 Å². The van der Waals surface area contributed by atoms with Gasteiger partial charge in [-0.1, -0.05) is 70.1 Å². The molecule has 4 aliphatic rings. The summed E-state index contributed by atoms with van der Waals surface area (Å²) in [5, 5.41) is 0. The minimum absolute atomic E-state index is 0.111. The molecule has 0 unspecified atom stereocenters. The van der Waals surface area contributed by atoms with Crippen LogP contribution in [0.2, 0.25) is 0 Å². The van der Waals surface area contributed by atoms with Crippen LogP contribution in [0.4, 0.5) is 0 Å². The second-order valence-corrected chi connectivity index (χ2v) is 11.5. The van der Waals surface area contributed by atoms with Crippen molar-refractivity contribution in [2.24, 2.45) is 23.7 Å².